The van der Waals surface area contributed by atoms with Crippen LogP contribution in [0.15, 0.2) is 106 Å². The third-order valence-corrected chi connectivity index (χ3v) is 8.84. The summed E-state index contributed by atoms with van der Waals surface area (Å²) in [6.45, 7) is 3.77. The molecule has 48 heavy (non-hydrogen) atoms. The molecule has 1 aliphatic heterocycles. The van der Waals surface area contributed by atoms with E-state index in [1.165, 1.54) is 31.2 Å². The molecule has 0 unspecified atom stereocenters. The van der Waals surface area contributed by atoms with Crippen molar-refractivity contribution in [2.24, 2.45) is 4.99 Å². The van der Waals surface area contributed by atoms with Gasteiger partial charge in [0.1, 0.15) is 6.61 Å². The molecular weight excluding hydrogens is 665 g/mol. The molecule has 246 valence electrons. The number of benzene rings is 4. The minimum absolute atomic E-state index is 0.103. The number of aromatic nitrogens is 1. The number of hydrogen-bond donors (Lipinski definition) is 0. The van der Waals surface area contributed by atoms with Gasteiger partial charge in [0.05, 0.1) is 29.4 Å². The second-order valence-corrected chi connectivity index (χ2v) is 12.1. The number of fused-ring (bicyclic) bond motifs is 2. The zero-order valence-corrected chi connectivity index (χ0v) is 27.3. The van der Waals surface area contributed by atoms with Crippen LogP contribution in [-0.2, 0) is 16.1 Å². The summed E-state index contributed by atoms with van der Waals surface area (Å²) in [5.41, 5.74) is -1.05. The molecular formula is C36H28ClF3N2O5S. The smallest absolute Gasteiger partial charge is 0.434 e. The minimum Gasteiger partial charge on any atom is -0.490 e. The Labute approximate surface area is 281 Å². The lowest BCUT2D eigenvalue weighted by atomic mass is 9.95. The van der Waals surface area contributed by atoms with E-state index in [0.29, 0.717) is 28.7 Å². The first kappa shape index (κ1) is 33.0. The fourth-order valence-corrected chi connectivity index (χ4v) is 6.66. The van der Waals surface area contributed by atoms with Crippen molar-refractivity contribution in [2.45, 2.75) is 32.7 Å². The van der Waals surface area contributed by atoms with E-state index in [-0.39, 0.29) is 28.1 Å². The molecule has 4 aromatic carbocycles. The number of halogens is 4. The lowest BCUT2D eigenvalue weighted by Crippen LogP contribution is -2.41. The van der Waals surface area contributed by atoms with Crippen LogP contribution in [-0.4, -0.2) is 29.9 Å². The topological polar surface area (TPSA) is 79.1 Å². The highest BCUT2D eigenvalue weighted by Gasteiger charge is 2.45. The summed E-state index contributed by atoms with van der Waals surface area (Å²) in [5, 5.41) is 2.50. The number of esters is 1. The van der Waals surface area contributed by atoms with Crippen molar-refractivity contribution < 1.29 is 32.2 Å². The average molecular weight is 693 g/mol. The minimum atomic E-state index is -5.00. The van der Waals surface area contributed by atoms with Crippen LogP contribution in [0.2, 0.25) is 5.02 Å². The van der Waals surface area contributed by atoms with Crippen molar-refractivity contribution in [3.8, 4) is 11.5 Å². The Morgan fingerprint density at radius 1 is 0.958 bits per heavy atom. The van der Waals surface area contributed by atoms with Crippen molar-refractivity contribution in [3.05, 3.63) is 138 Å². The summed E-state index contributed by atoms with van der Waals surface area (Å²) < 4.78 is 61.4. The van der Waals surface area contributed by atoms with Crippen LogP contribution < -0.4 is 24.4 Å². The van der Waals surface area contributed by atoms with Crippen LogP contribution in [0.4, 0.5) is 13.2 Å². The highest BCUT2D eigenvalue weighted by Crippen LogP contribution is 2.38. The molecule has 0 saturated heterocycles. The van der Waals surface area contributed by atoms with Gasteiger partial charge in [0.2, 0.25) is 0 Å². The van der Waals surface area contributed by atoms with E-state index in [1.54, 1.807) is 24.3 Å². The first-order valence-electron chi connectivity index (χ1n) is 15.0. The van der Waals surface area contributed by atoms with Crippen LogP contribution >= 0.6 is 22.9 Å². The number of carbonyl (C=O) groups excluding carboxylic acids is 1. The summed E-state index contributed by atoms with van der Waals surface area (Å²) in [6.07, 6.45) is -3.46. The second-order valence-electron chi connectivity index (χ2n) is 10.7. The highest BCUT2D eigenvalue weighted by atomic mass is 35.5. The lowest BCUT2D eigenvalue weighted by Gasteiger charge is -2.26. The van der Waals surface area contributed by atoms with Crippen LogP contribution in [0, 0.1) is 0 Å². The summed E-state index contributed by atoms with van der Waals surface area (Å²) in [7, 11) is 0. The van der Waals surface area contributed by atoms with Crippen LogP contribution in [0.25, 0.3) is 16.8 Å². The van der Waals surface area contributed by atoms with Gasteiger partial charge in [-0.3, -0.25) is 9.36 Å². The largest absolute Gasteiger partial charge is 0.490 e. The maximum Gasteiger partial charge on any atom is 0.434 e. The molecule has 0 fully saturated rings. The summed E-state index contributed by atoms with van der Waals surface area (Å²) >= 11 is 6.84. The third-order valence-electron chi connectivity index (χ3n) is 7.61. The van der Waals surface area contributed by atoms with E-state index in [1.807, 2.05) is 49.4 Å². The Bertz CT molecular complexity index is 2220. The third kappa shape index (κ3) is 6.61. The lowest BCUT2D eigenvalue weighted by molar-refractivity contribution is -0.140. The molecule has 1 aliphatic rings. The van der Waals surface area contributed by atoms with Gasteiger partial charge < -0.3 is 14.2 Å². The molecule has 0 aliphatic carbocycles. The number of nitrogens with zero attached hydrogens (tertiary/aromatic N) is 2. The Kier molecular flexibility index (Phi) is 9.43. The Hall–Kier alpha value is -4.87. The Morgan fingerprint density at radius 3 is 2.44 bits per heavy atom. The first-order valence-corrected chi connectivity index (χ1v) is 16.2. The molecule has 6 rings (SSSR count). The molecule has 0 bridgehead atoms. The van der Waals surface area contributed by atoms with Crippen molar-refractivity contribution in [1.82, 2.24) is 4.57 Å². The maximum absolute atomic E-state index is 14.4. The van der Waals surface area contributed by atoms with Gasteiger partial charge in [0, 0.05) is 5.02 Å². The van der Waals surface area contributed by atoms with Crippen molar-refractivity contribution in [1.29, 1.82) is 0 Å². The van der Waals surface area contributed by atoms with Crippen molar-refractivity contribution in [2.75, 3.05) is 13.2 Å². The molecule has 0 saturated carbocycles. The normalized spacial score (nSPS) is 14.9. The summed E-state index contributed by atoms with van der Waals surface area (Å²) in [5.74, 6) is -0.300. The van der Waals surface area contributed by atoms with Gasteiger partial charge in [-0.25, -0.2) is 9.79 Å². The number of ether oxygens (including phenoxy) is 3. The van der Waals surface area contributed by atoms with Gasteiger partial charge >= 0.3 is 12.1 Å². The molecule has 0 radical (unpaired) electrons. The standard InChI is InChI=1S/C36H28ClF3N2O5S/c1-3-45-28-18-21(12-17-27(28)47-20-24-10-7-9-22-8-5-6-11-26(22)24)19-29-33(43)42-31(23-13-15-25(37)16-14-23)30(34(44)46-4-2)32(36(38,39)40)41-35(42)48-29/h5-19,31H,3-4,20H2,1-2H3/b29-19-/t31-/m1/s1. The number of hydrogen-bond acceptors (Lipinski definition) is 7. The maximum atomic E-state index is 14.4. The van der Waals surface area contributed by atoms with Gasteiger partial charge in [0.25, 0.3) is 5.56 Å². The van der Waals surface area contributed by atoms with E-state index in [0.717, 1.165) is 32.2 Å². The van der Waals surface area contributed by atoms with Crippen LogP contribution in [0.5, 0.6) is 11.5 Å². The van der Waals surface area contributed by atoms with Gasteiger partial charge in [-0.2, -0.15) is 13.2 Å². The average Bonchev–Trinajstić information content (AvgIpc) is 3.38. The van der Waals surface area contributed by atoms with Gasteiger partial charge in [-0.1, -0.05) is 83.6 Å². The van der Waals surface area contributed by atoms with E-state index in [4.69, 9.17) is 25.8 Å². The van der Waals surface area contributed by atoms with Crippen molar-refractivity contribution in [3.63, 3.8) is 0 Å². The van der Waals surface area contributed by atoms with E-state index < -0.39 is 35.0 Å². The second kappa shape index (κ2) is 13.7. The molecule has 1 aromatic heterocycles. The SMILES string of the molecule is CCOC(=O)C1=C(C(F)(F)F)N=c2s/c(=C\c3ccc(OCc4cccc5ccccc45)c(OCC)c3)c(=O)n2[C@@H]1c1ccc(Cl)cc1. The predicted octanol–water partition coefficient (Wildman–Crippen LogP) is 7.13. The molecule has 12 heteroatoms. The predicted molar refractivity (Wildman–Crippen MR) is 178 cm³/mol. The fraction of sp³-hybridized carbons (Fsp3) is 0.194. The van der Waals surface area contributed by atoms with Crippen molar-refractivity contribution >= 4 is 45.8 Å². The molecule has 5 aromatic rings. The zero-order valence-electron chi connectivity index (χ0n) is 25.7. The van der Waals surface area contributed by atoms with E-state index in [9.17, 15) is 22.8 Å². The summed E-state index contributed by atoms with van der Waals surface area (Å²) in [6, 6.07) is 23.6. The number of rotatable bonds is 9. The first-order chi connectivity index (χ1) is 23.1. The van der Waals surface area contributed by atoms with Gasteiger partial charge in [-0.15, -0.1) is 0 Å². The van der Waals surface area contributed by atoms with Gasteiger partial charge in [0.15, 0.2) is 22.0 Å². The molecule has 0 amide bonds. The Balaban J connectivity index is 1.43. The number of alkyl halides is 3. The number of thiazole rings is 1. The zero-order chi connectivity index (χ0) is 34.0. The van der Waals surface area contributed by atoms with E-state index in [2.05, 4.69) is 4.99 Å². The van der Waals surface area contributed by atoms with Crippen LogP contribution in [0.1, 0.15) is 36.6 Å². The Morgan fingerprint density at radius 2 is 1.71 bits per heavy atom. The number of carbonyl (C=O) groups is 1. The monoisotopic (exact) mass is 692 g/mol. The fourth-order valence-electron chi connectivity index (χ4n) is 5.53. The molecule has 2 heterocycles. The molecule has 0 spiro atoms. The summed E-state index contributed by atoms with van der Waals surface area (Å²) in [4.78, 5) is 30.6. The number of allylic oxidation sites excluding steroid dienone is 1. The molecule has 7 nitrogen and oxygen atoms in total. The molecule has 0 N–H and O–H groups in total. The van der Waals surface area contributed by atoms with E-state index >= 15 is 0 Å². The quantitative estimate of drug-likeness (QED) is 0.154. The highest BCUT2D eigenvalue weighted by molar-refractivity contribution is 7.07. The van der Waals surface area contributed by atoms with Crippen LogP contribution in [0.3, 0.4) is 0 Å². The molecule has 1 atom stereocenters. The van der Waals surface area contributed by atoms with Gasteiger partial charge in [-0.05, 0) is 71.7 Å².